The fourth-order valence-electron chi connectivity index (χ4n) is 3.68. The standard InChI is InChI=1S/C20H24N4OS/c25-19(16-7-2-1-3-8-16)24(13-6-12-23-14-11-21-15-23)20-22-17-9-4-5-10-18(17)26-20/h4-5,9-11,14-16H,1-3,6-8,12-13H2. The first-order valence-electron chi connectivity index (χ1n) is 9.44. The fraction of sp³-hybridized carbons (Fsp3) is 0.450. The van der Waals surface area contributed by atoms with Gasteiger partial charge in [-0.1, -0.05) is 42.7 Å². The second-order valence-corrected chi connectivity index (χ2v) is 7.95. The second kappa shape index (κ2) is 7.99. The van der Waals surface area contributed by atoms with E-state index in [0.29, 0.717) is 6.54 Å². The molecule has 1 amide bonds. The third-order valence-corrected chi connectivity index (χ3v) is 6.15. The molecule has 0 aliphatic heterocycles. The number of rotatable bonds is 6. The minimum absolute atomic E-state index is 0.156. The number of carbonyl (C=O) groups excluding carboxylic acids is 1. The SMILES string of the molecule is O=C(C1CCCCC1)N(CCCn1ccnc1)c1nc2ccccc2s1. The van der Waals surface area contributed by atoms with Gasteiger partial charge in [0.15, 0.2) is 5.13 Å². The van der Waals surface area contributed by atoms with Crippen molar-refractivity contribution in [1.82, 2.24) is 14.5 Å². The molecule has 0 bridgehead atoms. The maximum absolute atomic E-state index is 13.2. The van der Waals surface area contributed by atoms with Crippen LogP contribution in [0.2, 0.25) is 0 Å². The van der Waals surface area contributed by atoms with Gasteiger partial charge >= 0.3 is 0 Å². The van der Waals surface area contributed by atoms with Crippen LogP contribution >= 0.6 is 11.3 Å². The molecule has 1 aliphatic rings. The van der Waals surface area contributed by atoms with Crippen LogP contribution in [0.15, 0.2) is 43.0 Å². The molecule has 4 rings (SSSR count). The Balaban J connectivity index is 1.54. The van der Waals surface area contributed by atoms with Crippen LogP contribution in [0.25, 0.3) is 10.2 Å². The third-order valence-electron chi connectivity index (χ3n) is 5.09. The second-order valence-electron chi connectivity index (χ2n) is 6.94. The van der Waals surface area contributed by atoms with E-state index in [1.54, 1.807) is 17.5 Å². The predicted octanol–water partition coefficient (Wildman–Crippen LogP) is 4.50. The molecule has 0 atom stereocenters. The van der Waals surface area contributed by atoms with Gasteiger partial charge in [0.2, 0.25) is 5.91 Å². The molecule has 26 heavy (non-hydrogen) atoms. The van der Waals surface area contributed by atoms with Crippen LogP contribution in [-0.4, -0.2) is 27.0 Å². The number of fused-ring (bicyclic) bond motifs is 1. The van der Waals surface area contributed by atoms with E-state index in [0.717, 1.165) is 41.2 Å². The highest BCUT2D eigenvalue weighted by Crippen LogP contribution is 2.32. The highest BCUT2D eigenvalue weighted by molar-refractivity contribution is 7.22. The lowest BCUT2D eigenvalue weighted by atomic mass is 9.88. The molecule has 1 aromatic carbocycles. The molecule has 2 aromatic heterocycles. The summed E-state index contributed by atoms with van der Waals surface area (Å²) >= 11 is 1.62. The zero-order chi connectivity index (χ0) is 17.8. The Morgan fingerprint density at radius 3 is 2.85 bits per heavy atom. The van der Waals surface area contributed by atoms with Gasteiger partial charge in [0.1, 0.15) is 0 Å². The number of benzene rings is 1. The minimum atomic E-state index is 0.156. The maximum Gasteiger partial charge on any atom is 0.231 e. The number of aryl methyl sites for hydroxylation is 1. The summed E-state index contributed by atoms with van der Waals surface area (Å²) in [6.45, 7) is 1.56. The largest absolute Gasteiger partial charge is 0.337 e. The molecule has 0 radical (unpaired) electrons. The number of anilines is 1. The normalized spacial score (nSPS) is 15.4. The first-order valence-corrected chi connectivity index (χ1v) is 10.3. The lowest BCUT2D eigenvalue weighted by Crippen LogP contribution is -2.38. The van der Waals surface area contributed by atoms with E-state index in [2.05, 4.69) is 15.6 Å². The smallest absolute Gasteiger partial charge is 0.231 e. The van der Waals surface area contributed by atoms with E-state index in [4.69, 9.17) is 4.98 Å². The van der Waals surface area contributed by atoms with Crippen molar-refractivity contribution in [2.75, 3.05) is 11.4 Å². The average Bonchev–Trinajstić information content (AvgIpc) is 3.35. The number of thiazole rings is 1. The van der Waals surface area contributed by atoms with Crippen LogP contribution in [0.4, 0.5) is 5.13 Å². The number of imidazole rings is 1. The summed E-state index contributed by atoms with van der Waals surface area (Å²) in [4.78, 5) is 24.0. The lowest BCUT2D eigenvalue weighted by molar-refractivity contribution is -0.123. The number of para-hydroxylation sites is 1. The zero-order valence-corrected chi connectivity index (χ0v) is 15.7. The molecule has 2 heterocycles. The molecule has 6 heteroatoms. The van der Waals surface area contributed by atoms with Crippen LogP contribution in [0, 0.1) is 5.92 Å². The van der Waals surface area contributed by atoms with Crippen molar-refractivity contribution in [3.8, 4) is 0 Å². The van der Waals surface area contributed by atoms with Gasteiger partial charge in [-0.2, -0.15) is 0 Å². The molecule has 5 nitrogen and oxygen atoms in total. The van der Waals surface area contributed by atoms with Crippen LogP contribution in [0.5, 0.6) is 0 Å². The van der Waals surface area contributed by atoms with Crippen LogP contribution in [-0.2, 0) is 11.3 Å². The summed E-state index contributed by atoms with van der Waals surface area (Å²) in [6, 6.07) is 8.12. The first-order chi connectivity index (χ1) is 12.8. The lowest BCUT2D eigenvalue weighted by Gasteiger charge is -2.27. The van der Waals surface area contributed by atoms with Crippen molar-refractivity contribution in [2.45, 2.75) is 45.1 Å². The van der Waals surface area contributed by atoms with Crippen LogP contribution in [0.3, 0.4) is 0 Å². The Labute approximate surface area is 157 Å². The van der Waals surface area contributed by atoms with E-state index >= 15 is 0 Å². The van der Waals surface area contributed by atoms with Gasteiger partial charge in [-0.3, -0.25) is 9.69 Å². The Morgan fingerprint density at radius 1 is 1.23 bits per heavy atom. The summed E-state index contributed by atoms with van der Waals surface area (Å²) in [7, 11) is 0. The van der Waals surface area contributed by atoms with Crippen LogP contribution < -0.4 is 4.90 Å². The summed E-state index contributed by atoms with van der Waals surface area (Å²) in [5.41, 5.74) is 0.976. The topological polar surface area (TPSA) is 51.0 Å². The van der Waals surface area contributed by atoms with Gasteiger partial charge in [0.25, 0.3) is 0 Å². The van der Waals surface area contributed by atoms with Crippen LogP contribution in [0.1, 0.15) is 38.5 Å². The Kier molecular flexibility index (Phi) is 5.29. The molecule has 1 aliphatic carbocycles. The number of hydrogen-bond donors (Lipinski definition) is 0. The Morgan fingerprint density at radius 2 is 2.08 bits per heavy atom. The first kappa shape index (κ1) is 17.2. The van der Waals surface area contributed by atoms with Crippen molar-refractivity contribution in [2.24, 2.45) is 5.92 Å². The van der Waals surface area contributed by atoms with E-state index in [1.807, 2.05) is 35.6 Å². The summed E-state index contributed by atoms with van der Waals surface area (Å²) in [6.07, 6.45) is 12.1. The zero-order valence-electron chi connectivity index (χ0n) is 14.9. The van der Waals surface area contributed by atoms with E-state index in [-0.39, 0.29) is 11.8 Å². The summed E-state index contributed by atoms with van der Waals surface area (Å²) in [5, 5.41) is 0.840. The average molecular weight is 369 g/mol. The molecule has 136 valence electrons. The van der Waals surface area contributed by atoms with Gasteiger partial charge in [-0.25, -0.2) is 9.97 Å². The molecular weight excluding hydrogens is 344 g/mol. The molecule has 1 fully saturated rings. The summed E-state index contributed by atoms with van der Waals surface area (Å²) < 4.78 is 3.19. The van der Waals surface area contributed by atoms with Gasteiger partial charge in [-0.05, 0) is 31.4 Å². The molecule has 0 spiro atoms. The van der Waals surface area contributed by atoms with Crippen molar-refractivity contribution in [3.63, 3.8) is 0 Å². The van der Waals surface area contributed by atoms with E-state index < -0.39 is 0 Å². The molecular formula is C20H24N4OS. The Bertz CT molecular complexity index is 819. The molecule has 0 N–H and O–H groups in total. The maximum atomic E-state index is 13.2. The minimum Gasteiger partial charge on any atom is -0.337 e. The fourth-order valence-corrected chi connectivity index (χ4v) is 4.67. The molecule has 3 aromatic rings. The number of amides is 1. The predicted molar refractivity (Wildman–Crippen MR) is 105 cm³/mol. The quantitative estimate of drug-likeness (QED) is 0.644. The van der Waals surface area contributed by atoms with E-state index in [1.165, 1.54) is 19.3 Å². The number of hydrogen-bond acceptors (Lipinski definition) is 4. The van der Waals surface area contributed by atoms with Crippen molar-refractivity contribution >= 4 is 32.6 Å². The van der Waals surface area contributed by atoms with E-state index in [9.17, 15) is 4.79 Å². The number of aromatic nitrogens is 3. The number of carbonyl (C=O) groups is 1. The summed E-state index contributed by atoms with van der Waals surface area (Å²) in [5.74, 6) is 0.415. The van der Waals surface area contributed by atoms with Gasteiger partial charge in [0.05, 0.1) is 16.5 Å². The van der Waals surface area contributed by atoms with Gasteiger partial charge in [-0.15, -0.1) is 0 Å². The molecule has 0 saturated heterocycles. The molecule has 1 saturated carbocycles. The Hall–Kier alpha value is -2.21. The van der Waals surface area contributed by atoms with Crippen molar-refractivity contribution in [3.05, 3.63) is 43.0 Å². The monoisotopic (exact) mass is 368 g/mol. The van der Waals surface area contributed by atoms with Gasteiger partial charge in [0, 0.05) is 31.4 Å². The van der Waals surface area contributed by atoms with Gasteiger partial charge < -0.3 is 4.57 Å². The van der Waals surface area contributed by atoms with Crippen molar-refractivity contribution in [1.29, 1.82) is 0 Å². The van der Waals surface area contributed by atoms with Crippen molar-refractivity contribution < 1.29 is 4.79 Å². The number of nitrogens with zero attached hydrogens (tertiary/aromatic N) is 4. The highest BCUT2D eigenvalue weighted by atomic mass is 32.1. The molecule has 0 unspecified atom stereocenters. The third kappa shape index (κ3) is 3.80. The highest BCUT2D eigenvalue weighted by Gasteiger charge is 2.28.